The van der Waals surface area contributed by atoms with Gasteiger partial charge in [0.25, 0.3) is 0 Å². The molecular weight excluding hydrogens is 405 g/mol. The maximum atomic E-state index is 12.9. The van der Waals surface area contributed by atoms with Gasteiger partial charge in [0, 0.05) is 18.3 Å². The van der Waals surface area contributed by atoms with Crippen molar-refractivity contribution in [3.8, 4) is 22.4 Å². The van der Waals surface area contributed by atoms with Crippen LogP contribution in [0.2, 0.25) is 0 Å². The van der Waals surface area contributed by atoms with Gasteiger partial charge in [0.2, 0.25) is 5.91 Å². The van der Waals surface area contributed by atoms with Crippen LogP contribution in [0.3, 0.4) is 0 Å². The molecule has 0 aliphatic carbocycles. The molecular formula is C21H16F5N3O. The first kappa shape index (κ1) is 21.2. The number of carbonyl (C=O) groups excluding carboxylic acids is 1. The SMILES string of the molecule is C=CC(=O)NCc1ccc(-c2ccc(C(F)(F)F)cc2)cc1-c1ccn(C(F)F)n1. The fraction of sp³-hybridized carbons (Fsp3) is 0.143. The number of alkyl halides is 5. The van der Waals surface area contributed by atoms with E-state index in [1.165, 1.54) is 18.2 Å². The maximum Gasteiger partial charge on any atom is 0.416 e. The summed E-state index contributed by atoms with van der Waals surface area (Å²) in [6, 6.07) is 11.0. The molecule has 0 saturated carbocycles. The fourth-order valence-electron chi connectivity index (χ4n) is 2.85. The largest absolute Gasteiger partial charge is 0.416 e. The molecule has 4 nitrogen and oxygen atoms in total. The number of amides is 1. The van der Waals surface area contributed by atoms with Gasteiger partial charge in [-0.25, -0.2) is 4.68 Å². The molecule has 9 heteroatoms. The number of benzene rings is 2. The Kier molecular flexibility index (Phi) is 6.00. The van der Waals surface area contributed by atoms with Crippen LogP contribution in [-0.2, 0) is 17.5 Å². The van der Waals surface area contributed by atoms with Crippen LogP contribution in [0.4, 0.5) is 22.0 Å². The van der Waals surface area contributed by atoms with Gasteiger partial charge in [0.15, 0.2) is 0 Å². The molecule has 0 aliphatic rings. The van der Waals surface area contributed by atoms with Crippen molar-refractivity contribution in [2.75, 3.05) is 0 Å². The second-order valence-electron chi connectivity index (χ2n) is 6.33. The normalized spacial score (nSPS) is 11.5. The number of rotatable bonds is 6. The number of hydrogen-bond acceptors (Lipinski definition) is 2. The summed E-state index contributed by atoms with van der Waals surface area (Å²) in [7, 11) is 0. The molecule has 30 heavy (non-hydrogen) atoms. The van der Waals surface area contributed by atoms with Crippen LogP contribution in [0.5, 0.6) is 0 Å². The Labute approximate surface area is 168 Å². The van der Waals surface area contributed by atoms with E-state index >= 15 is 0 Å². The highest BCUT2D eigenvalue weighted by atomic mass is 19.4. The molecule has 3 rings (SSSR count). The molecule has 0 spiro atoms. The average molecular weight is 421 g/mol. The van der Waals surface area contributed by atoms with Gasteiger partial charge in [0.1, 0.15) is 0 Å². The number of hydrogen-bond donors (Lipinski definition) is 1. The zero-order valence-electron chi connectivity index (χ0n) is 15.5. The van der Waals surface area contributed by atoms with Gasteiger partial charge >= 0.3 is 12.7 Å². The number of halogens is 5. The van der Waals surface area contributed by atoms with E-state index in [1.54, 1.807) is 18.2 Å². The average Bonchev–Trinajstić information content (AvgIpc) is 3.22. The Morgan fingerprint density at radius 3 is 2.33 bits per heavy atom. The fourth-order valence-corrected chi connectivity index (χ4v) is 2.85. The van der Waals surface area contributed by atoms with Crippen molar-refractivity contribution >= 4 is 5.91 Å². The van der Waals surface area contributed by atoms with Crippen LogP contribution >= 0.6 is 0 Å². The molecule has 1 aromatic heterocycles. The van der Waals surface area contributed by atoms with Gasteiger partial charge in [-0.15, -0.1) is 0 Å². The zero-order valence-corrected chi connectivity index (χ0v) is 15.5. The third-order valence-electron chi connectivity index (χ3n) is 4.38. The van der Waals surface area contributed by atoms with Gasteiger partial charge in [-0.05, 0) is 47.0 Å². The summed E-state index contributed by atoms with van der Waals surface area (Å²) in [6.07, 6.45) is -2.22. The molecule has 0 bridgehead atoms. The number of carbonyl (C=O) groups is 1. The van der Waals surface area contributed by atoms with E-state index in [9.17, 15) is 26.7 Å². The minimum atomic E-state index is -4.45. The Bertz CT molecular complexity index is 1060. The molecule has 0 radical (unpaired) electrons. The smallest absolute Gasteiger partial charge is 0.348 e. The van der Waals surface area contributed by atoms with E-state index in [-0.39, 0.29) is 12.2 Å². The topological polar surface area (TPSA) is 46.9 Å². The molecule has 0 fully saturated rings. The number of aromatic nitrogens is 2. The van der Waals surface area contributed by atoms with Crippen molar-refractivity contribution < 1.29 is 26.7 Å². The molecule has 3 aromatic rings. The van der Waals surface area contributed by atoms with Crippen molar-refractivity contribution in [2.45, 2.75) is 19.3 Å². The van der Waals surface area contributed by atoms with Crippen LogP contribution in [0.25, 0.3) is 22.4 Å². The first-order valence-corrected chi connectivity index (χ1v) is 8.73. The lowest BCUT2D eigenvalue weighted by molar-refractivity contribution is -0.137. The van der Waals surface area contributed by atoms with E-state index in [0.29, 0.717) is 26.9 Å². The van der Waals surface area contributed by atoms with Gasteiger partial charge in [-0.2, -0.15) is 27.1 Å². The summed E-state index contributed by atoms with van der Waals surface area (Å²) < 4.78 is 64.7. The first-order valence-electron chi connectivity index (χ1n) is 8.73. The molecule has 0 saturated heterocycles. The summed E-state index contributed by atoms with van der Waals surface area (Å²) in [5, 5.41) is 6.46. The monoisotopic (exact) mass is 421 g/mol. The third kappa shape index (κ3) is 4.73. The molecule has 0 unspecified atom stereocenters. The predicted molar refractivity (Wildman–Crippen MR) is 101 cm³/mol. The molecule has 1 heterocycles. The molecule has 2 aromatic carbocycles. The highest BCUT2D eigenvalue weighted by molar-refractivity contribution is 5.87. The van der Waals surface area contributed by atoms with E-state index in [0.717, 1.165) is 24.4 Å². The summed E-state index contributed by atoms with van der Waals surface area (Å²) in [5.41, 5.74) is 1.62. The van der Waals surface area contributed by atoms with Crippen molar-refractivity contribution in [2.24, 2.45) is 0 Å². The zero-order chi connectivity index (χ0) is 21.9. The minimum Gasteiger partial charge on any atom is -0.348 e. The molecule has 0 aliphatic heterocycles. The molecule has 0 atom stereocenters. The number of nitrogens with zero attached hydrogens (tertiary/aromatic N) is 2. The Hall–Kier alpha value is -3.49. The quantitative estimate of drug-likeness (QED) is 0.426. The van der Waals surface area contributed by atoms with E-state index in [2.05, 4.69) is 17.0 Å². The van der Waals surface area contributed by atoms with E-state index in [1.807, 2.05) is 0 Å². The van der Waals surface area contributed by atoms with E-state index in [4.69, 9.17) is 0 Å². The van der Waals surface area contributed by atoms with Gasteiger partial charge in [-0.3, -0.25) is 4.79 Å². The second-order valence-corrected chi connectivity index (χ2v) is 6.33. The second kappa shape index (κ2) is 8.48. The van der Waals surface area contributed by atoms with Crippen molar-refractivity contribution in [3.05, 3.63) is 78.5 Å². The summed E-state index contributed by atoms with van der Waals surface area (Å²) in [5.74, 6) is -0.411. The van der Waals surface area contributed by atoms with Crippen LogP contribution in [-0.4, -0.2) is 15.7 Å². The standard InChI is InChI=1S/C21H16F5N3O/c1-2-19(30)27-12-15-4-3-14(13-5-7-16(8-6-13)21(24,25)26)11-17(15)18-9-10-29(28-18)20(22)23/h2-11,20H,1,12H2,(H,27,30). The van der Waals surface area contributed by atoms with Crippen molar-refractivity contribution in [3.63, 3.8) is 0 Å². The Balaban J connectivity index is 2.01. The summed E-state index contributed by atoms with van der Waals surface area (Å²) in [6.45, 7) is 0.637. The molecule has 1 amide bonds. The van der Waals surface area contributed by atoms with Crippen LogP contribution in [0, 0.1) is 0 Å². The van der Waals surface area contributed by atoms with Crippen LogP contribution in [0.15, 0.2) is 67.4 Å². The third-order valence-corrected chi connectivity index (χ3v) is 4.38. The lowest BCUT2D eigenvalue weighted by Crippen LogP contribution is -2.20. The van der Waals surface area contributed by atoms with Gasteiger partial charge in [-0.1, -0.05) is 30.8 Å². The first-order chi connectivity index (χ1) is 14.2. The van der Waals surface area contributed by atoms with Crippen molar-refractivity contribution in [1.82, 2.24) is 15.1 Å². The predicted octanol–water partition coefficient (Wildman–Crippen LogP) is 5.43. The van der Waals surface area contributed by atoms with E-state index < -0.39 is 24.2 Å². The Morgan fingerprint density at radius 1 is 1.10 bits per heavy atom. The Morgan fingerprint density at radius 2 is 1.77 bits per heavy atom. The highest BCUT2D eigenvalue weighted by Crippen LogP contribution is 2.33. The van der Waals surface area contributed by atoms with Crippen LogP contribution < -0.4 is 5.32 Å². The van der Waals surface area contributed by atoms with Gasteiger partial charge < -0.3 is 5.32 Å². The molecule has 156 valence electrons. The van der Waals surface area contributed by atoms with Crippen molar-refractivity contribution in [1.29, 1.82) is 0 Å². The van der Waals surface area contributed by atoms with Crippen LogP contribution in [0.1, 0.15) is 17.7 Å². The van der Waals surface area contributed by atoms with Gasteiger partial charge in [0.05, 0.1) is 11.3 Å². The maximum absolute atomic E-state index is 12.9. The lowest BCUT2D eigenvalue weighted by atomic mass is 9.96. The minimum absolute atomic E-state index is 0.0923. The summed E-state index contributed by atoms with van der Waals surface area (Å²) in [4.78, 5) is 11.5. The lowest BCUT2D eigenvalue weighted by Gasteiger charge is -2.12. The molecule has 1 N–H and O–H groups in total. The highest BCUT2D eigenvalue weighted by Gasteiger charge is 2.30. The number of nitrogens with one attached hydrogen (secondary N) is 1. The summed E-state index contributed by atoms with van der Waals surface area (Å²) >= 11 is 0.